The molecule has 0 saturated carbocycles. The third-order valence-electron chi connectivity index (χ3n) is 2.92. The number of nitrogens with one attached hydrogen (secondary N) is 1. The predicted octanol–water partition coefficient (Wildman–Crippen LogP) is 3.71. The standard InChI is InChI=1S/C14H19NO/c1-3-6-11(2)15-9-12-10-16-14-8-5-4-7-13(12)14/h4-5,7-8,10-11,15H,3,6,9H2,1-2H3. The van der Waals surface area contributed by atoms with Crippen LogP contribution < -0.4 is 5.32 Å². The zero-order valence-corrected chi connectivity index (χ0v) is 9.99. The minimum atomic E-state index is 0.568. The lowest BCUT2D eigenvalue weighted by Crippen LogP contribution is -2.24. The second-order valence-electron chi connectivity index (χ2n) is 4.33. The molecule has 1 atom stereocenters. The Morgan fingerprint density at radius 2 is 2.12 bits per heavy atom. The molecule has 1 aromatic carbocycles. The Balaban J connectivity index is 2.04. The van der Waals surface area contributed by atoms with E-state index < -0.39 is 0 Å². The topological polar surface area (TPSA) is 25.2 Å². The summed E-state index contributed by atoms with van der Waals surface area (Å²) in [6.07, 6.45) is 4.30. The molecule has 0 amide bonds. The summed E-state index contributed by atoms with van der Waals surface area (Å²) < 4.78 is 5.50. The Morgan fingerprint density at radius 1 is 1.31 bits per heavy atom. The number of para-hydroxylation sites is 1. The first-order chi connectivity index (χ1) is 7.81. The highest BCUT2D eigenvalue weighted by Crippen LogP contribution is 2.20. The van der Waals surface area contributed by atoms with Gasteiger partial charge in [-0.2, -0.15) is 0 Å². The summed E-state index contributed by atoms with van der Waals surface area (Å²) in [4.78, 5) is 0. The van der Waals surface area contributed by atoms with E-state index in [1.54, 1.807) is 0 Å². The SMILES string of the molecule is CCCC(C)NCc1coc2ccccc12. The molecule has 0 aliphatic heterocycles. The van der Waals surface area contributed by atoms with Crippen molar-refractivity contribution in [1.82, 2.24) is 5.32 Å². The molecule has 0 saturated heterocycles. The van der Waals surface area contributed by atoms with E-state index >= 15 is 0 Å². The van der Waals surface area contributed by atoms with Crippen LogP contribution in [-0.4, -0.2) is 6.04 Å². The average molecular weight is 217 g/mol. The molecule has 0 aliphatic rings. The van der Waals surface area contributed by atoms with Gasteiger partial charge < -0.3 is 9.73 Å². The van der Waals surface area contributed by atoms with E-state index in [-0.39, 0.29) is 0 Å². The van der Waals surface area contributed by atoms with Gasteiger partial charge in [-0.1, -0.05) is 31.5 Å². The molecule has 0 fully saturated rings. The van der Waals surface area contributed by atoms with Crippen molar-refractivity contribution in [2.24, 2.45) is 0 Å². The molecular weight excluding hydrogens is 198 g/mol. The fourth-order valence-electron chi connectivity index (χ4n) is 1.99. The van der Waals surface area contributed by atoms with Gasteiger partial charge in [0.05, 0.1) is 6.26 Å². The van der Waals surface area contributed by atoms with Crippen LogP contribution in [0.4, 0.5) is 0 Å². The van der Waals surface area contributed by atoms with Crippen LogP contribution in [0.1, 0.15) is 32.3 Å². The summed E-state index contributed by atoms with van der Waals surface area (Å²) in [5.41, 5.74) is 2.22. The molecule has 2 rings (SSSR count). The molecule has 0 aliphatic carbocycles. The quantitative estimate of drug-likeness (QED) is 0.826. The van der Waals surface area contributed by atoms with Crippen molar-refractivity contribution in [2.45, 2.75) is 39.3 Å². The van der Waals surface area contributed by atoms with Crippen molar-refractivity contribution < 1.29 is 4.42 Å². The first-order valence-electron chi connectivity index (χ1n) is 5.99. The third kappa shape index (κ3) is 2.45. The minimum Gasteiger partial charge on any atom is -0.464 e. The maximum atomic E-state index is 5.50. The number of hydrogen-bond acceptors (Lipinski definition) is 2. The fourth-order valence-corrected chi connectivity index (χ4v) is 1.99. The van der Waals surface area contributed by atoms with Gasteiger partial charge in [0.1, 0.15) is 5.58 Å². The van der Waals surface area contributed by atoms with Crippen LogP contribution in [0, 0.1) is 0 Å². The summed E-state index contributed by atoms with van der Waals surface area (Å²) in [5, 5.41) is 4.74. The molecule has 2 aromatic rings. The van der Waals surface area contributed by atoms with E-state index in [0.29, 0.717) is 6.04 Å². The fraction of sp³-hybridized carbons (Fsp3) is 0.429. The minimum absolute atomic E-state index is 0.568. The van der Waals surface area contributed by atoms with Gasteiger partial charge in [-0.3, -0.25) is 0 Å². The van der Waals surface area contributed by atoms with E-state index in [2.05, 4.69) is 31.3 Å². The third-order valence-corrected chi connectivity index (χ3v) is 2.92. The van der Waals surface area contributed by atoms with E-state index in [1.165, 1.54) is 23.8 Å². The Kier molecular flexibility index (Phi) is 3.62. The second-order valence-corrected chi connectivity index (χ2v) is 4.33. The number of hydrogen-bond donors (Lipinski definition) is 1. The molecule has 2 nitrogen and oxygen atoms in total. The zero-order valence-electron chi connectivity index (χ0n) is 9.99. The summed E-state index contributed by atoms with van der Waals surface area (Å²) in [6, 6.07) is 8.74. The van der Waals surface area contributed by atoms with Crippen molar-refractivity contribution in [3.63, 3.8) is 0 Å². The van der Waals surface area contributed by atoms with Gasteiger partial charge in [0.25, 0.3) is 0 Å². The number of rotatable bonds is 5. The Bertz CT molecular complexity index is 447. The molecule has 1 N–H and O–H groups in total. The molecule has 86 valence electrons. The smallest absolute Gasteiger partial charge is 0.134 e. The normalized spacial score (nSPS) is 13.1. The van der Waals surface area contributed by atoms with E-state index in [1.807, 2.05) is 18.4 Å². The highest BCUT2D eigenvalue weighted by Gasteiger charge is 2.06. The largest absolute Gasteiger partial charge is 0.464 e. The van der Waals surface area contributed by atoms with Gasteiger partial charge in [0.15, 0.2) is 0 Å². The maximum Gasteiger partial charge on any atom is 0.134 e. The molecule has 1 aromatic heterocycles. The molecule has 0 radical (unpaired) electrons. The van der Waals surface area contributed by atoms with Gasteiger partial charge in [0.2, 0.25) is 0 Å². The van der Waals surface area contributed by atoms with Crippen molar-refractivity contribution in [1.29, 1.82) is 0 Å². The molecule has 16 heavy (non-hydrogen) atoms. The Morgan fingerprint density at radius 3 is 2.94 bits per heavy atom. The van der Waals surface area contributed by atoms with Crippen molar-refractivity contribution in [2.75, 3.05) is 0 Å². The van der Waals surface area contributed by atoms with E-state index in [0.717, 1.165) is 12.1 Å². The first kappa shape index (κ1) is 11.2. The van der Waals surface area contributed by atoms with Crippen molar-refractivity contribution >= 4 is 11.0 Å². The van der Waals surface area contributed by atoms with Crippen LogP contribution in [0.25, 0.3) is 11.0 Å². The zero-order chi connectivity index (χ0) is 11.4. The van der Waals surface area contributed by atoms with Crippen LogP contribution >= 0.6 is 0 Å². The van der Waals surface area contributed by atoms with Crippen LogP contribution in [0.2, 0.25) is 0 Å². The average Bonchev–Trinajstić information content (AvgIpc) is 2.70. The van der Waals surface area contributed by atoms with Gasteiger partial charge in [-0.05, 0) is 19.4 Å². The van der Waals surface area contributed by atoms with Crippen LogP contribution in [0.5, 0.6) is 0 Å². The highest BCUT2D eigenvalue weighted by molar-refractivity contribution is 5.80. The molecule has 2 heteroatoms. The maximum absolute atomic E-state index is 5.50. The summed E-state index contributed by atoms with van der Waals surface area (Å²) in [5.74, 6) is 0. The first-order valence-corrected chi connectivity index (χ1v) is 5.99. The van der Waals surface area contributed by atoms with E-state index in [9.17, 15) is 0 Å². The van der Waals surface area contributed by atoms with Gasteiger partial charge in [-0.25, -0.2) is 0 Å². The lowest BCUT2D eigenvalue weighted by atomic mass is 10.1. The van der Waals surface area contributed by atoms with Crippen LogP contribution in [0.3, 0.4) is 0 Å². The van der Waals surface area contributed by atoms with Gasteiger partial charge in [0, 0.05) is 23.5 Å². The highest BCUT2D eigenvalue weighted by atomic mass is 16.3. The molecule has 1 heterocycles. The number of furan rings is 1. The molecule has 0 spiro atoms. The summed E-state index contributed by atoms with van der Waals surface area (Å²) in [6.45, 7) is 5.33. The van der Waals surface area contributed by atoms with E-state index in [4.69, 9.17) is 4.42 Å². The summed E-state index contributed by atoms with van der Waals surface area (Å²) in [7, 11) is 0. The molecule has 0 bridgehead atoms. The Labute approximate surface area is 96.6 Å². The Hall–Kier alpha value is -1.28. The van der Waals surface area contributed by atoms with Crippen LogP contribution in [0.15, 0.2) is 34.9 Å². The lowest BCUT2D eigenvalue weighted by molar-refractivity contribution is 0.505. The van der Waals surface area contributed by atoms with Gasteiger partial charge in [-0.15, -0.1) is 0 Å². The summed E-state index contributed by atoms with van der Waals surface area (Å²) >= 11 is 0. The molecular formula is C14H19NO. The second kappa shape index (κ2) is 5.17. The predicted molar refractivity (Wildman–Crippen MR) is 67.4 cm³/mol. The number of benzene rings is 1. The van der Waals surface area contributed by atoms with Crippen molar-refractivity contribution in [3.8, 4) is 0 Å². The number of fused-ring (bicyclic) bond motifs is 1. The van der Waals surface area contributed by atoms with Gasteiger partial charge >= 0.3 is 0 Å². The monoisotopic (exact) mass is 217 g/mol. The van der Waals surface area contributed by atoms with Crippen LogP contribution in [-0.2, 0) is 6.54 Å². The van der Waals surface area contributed by atoms with Crippen molar-refractivity contribution in [3.05, 3.63) is 36.1 Å². The molecule has 1 unspecified atom stereocenters. The lowest BCUT2D eigenvalue weighted by Gasteiger charge is -2.11.